The van der Waals surface area contributed by atoms with Crippen LogP contribution in [0.2, 0.25) is 0 Å². The SMILES string of the molecule is COC(=O)[C@]12C[C@@H]3C[C@H]1[C@H]2[C@]3(NC(=O)OCc1ccccc1)C(=O)OC. The molecule has 0 unspecified atom stereocenters. The van der Waals surface area contributed by atoms with Crippen molar-refractivity contribution in [3.05, 3.63) is 35.9 Å². The van der Waals surface area contributed by atoms with Gasteiger partial charge in [0.25, 0.3) is 0 Å². The Labute approximate surface area is 151 Å². The van der Waals surface area contributed by atoms with Crippen molar-refractivity contribution >= 4 is 18.0 Å². The normalized spacial score (nSPS) is 35.5. The second-order valence-corrected chi connectivity index (χ2v) is 7.30. The van der Waals surface area contributed by atoms with Crippen molar-refractivity contribution in [1.29, 1.82) is 0 Å². The first-order valence-electron chi connectivity index (χ1n) is 8.66. The Hall–Kier alpha value is -2.57. The van der Waals surface area contributed by atoms with E-state index in [0.717, 1.165) is 5.56 Å². The molecule has 4 bridgehead atoms. The van der Waals surface area contributed by atoms with Gasteiger partial charge in [-0.25, -0.2) is 9.59 Å². The summed E-state index contributed by atoms with van der Waals surface area (Å²) in [7, 11) is 2.64. The van der Waals surface area contributed by atoms with Crippen LogP contribution in [0, 0.1) is 23.2 Å². The van der Waals surface area contributed by atoms with E-state index >= 15 is 0 Å². The third-order valence-corrected chi connectivity index (χ3v) is 6.38. The van der Waals surface area contributed by atoms with Gasteiger partial charge in [0.05, 0.1) is 19.6 Å². The van der Waals surface area contributed by atoms with Crippen LogP contribution in [-0.2, 0) is 30.4 Å². The van der Waals surface area contributed by atoms with Gasteiger partial charge in [0.1, 0.15) is 12.1 Å². The number of alkyl carbamates (subject to hydrolysis) is 1. The summed E-state index contributed by atoms with van der Waals surface area (Å²) in [6.45, 7) is 0.102. The van der Waals surface area contributed by atoms with Crippen molar-refractivity contribution in [2.45, 2.75) is 25.0 Å². The maximum atomic E-state index is 12.6. The van der Waals surface area contributed by atoms with Crippen molar-refractivity contribution in [2.75, 3.05) is 14.2 Å². The molecule has 4 saturated carbocycles. The van der Waals surface area contributed by atoms with E-state index in [2.05, 4.69) is 5.32 Å². The number of rotatable bonds is 5. The molecule has 0 aromatic heterocycles. The van der Waals surface area contributed by atoms with Gasteiger partial charge in [-0.2, -0.15) is 0 Å². The number of carbonyl (C=O) groups is 3. The quantitative estimate of drug-likeness (QED) is 0.635. The number of benzene rings is 1. The second kappa shape index (κ2) is 5.72. The molecular formula is C19H21NO6. The Bertz CT molecular complexity index is 765. The molecule has 4 aliphatic rings. The van der Waals surface area contributed by atoms with Gasteiger partial charge < -0.3 is 19.5 Å². The topological polar surface area (TPSA) is 90.9 Å². The number of amides is 1. The lowest BCUT2D eigenvalue weighted by atomic mass is 9.88. The molecule has 5 atom stereocenters. The number of carbonyl (C=O) groups excluding carboxylic acids is 3. The minimum absolute atomic E-state index is 0.0495. The van der Waals surface area contributed by atoms with E-state index in [4.69, 9.17) is 14.2 Å². The van der Waals surface area contributed by atoms with Gasteiger partial charge in [-0.1, -0.05) is 30.3 Å². The Morgan fingerprint density at radius 2 is 1.81 bits per heavy atom. The maximum Gasteiger partial charge on any atom is 0.408 e. The van der Waals surface area contributed by atoms with Crippen molar-refractivity contribution in [3.8, 4) is 0 Å². The van der Waals surface area contributed by atoms with E-state index in [0.29, 0.717) is 12.8 Å². The van der Waals surface area contributed by atoms with Gasteiger partial charge in [0, 0.05) is 5.92 Å². The molecule has 1 amide bonds. The number of nitrogens with one attached hydrogen (secondary N) is 1. The molecule has 0 radical (unpaired) electrons. The average Bonchev–Trinajstić information content (AvgIpc) is 2.95. The monoisotopic (exact) mass is 359 g/mol. The van der Waals surface area contributed by atoms with Gasteiger partial charge in [-0.3, -0.25) is 4.79 Å². The zero-order valence-electron chi connectivity index (χ0n) is 14.7. The van der Waals surface area contributed by atoms with Crippen molar-refractivity contribution in [2.24, 2.45) is 23.2 Å². The van der Waals surface area contributed by atoms with Crippen LogP contribution in [0.25, 0.3) is 0 Å². The van der Waals surface area contributed by atoms with Crippen molar-refractivity contribution in [1.82, 2.24) is 5.32 Å². The Morgan fingerprint density at radius 3 is 2.42 bits per heavy atom. The number of esters is 2. The first kappa shape index (κ1) is 16.9. The summed E-state index contributed by atoms with van der Waals surface area (Å²) in [5.74, 6) is -1.21. The predicted molar refractivity (Wildman–Crippen MR) is 88.7 cm³/mol. The molecule has 26 heavy (non-hydrogen) atoms. The molecule has 4 fully saturated rings. The lowest BCUT2D eigenvalue weighted by Crippen LogP contribution is -2.58. The molecule has 1 N–H and O–H groups in total. The Balaban J connectivity index is 1.52. The minimum Gasteiger partial charge on any atom is -0.469 e. The summed E-state index contributed by atoms with van der Waals surface area (Å²) in [4.78, 5) is 37.3. The van der Waals surface area contributed by atoms with Gasteiger partial charge in [-0.15, -0.1) is 0 Å². The fourth-order valence-corrected chi connectivity index (χ4v) is 5.44. The zero-order valence-corrected chi connectivity index (χ0v) is 14.7. The molecule has 0 saturated heterocycles. The van der Waals surface area contributed by atoms with Crippen LogP contribution in [0.4, 0.5) is 4.79 Å². The fourth-order valence-electron chi connectivity index (χ4n) is 5.44. The molecule has 4 aliphatic carbocycles. The average molecular weight is 359 g/mol. The summed E-state index contributed by atoms with van der Waals surface area (Å²) in [6.07, 6.45) is 0.550. The van der Waals surface area contributed by atoms with Crippen molar-refractivity contribution in [3.63, 3.8) is 0 Å². The molecule has 5 rings (SSSR count). The lowest BCUT2D eigenvalue weighted by molar-refractivity contribution is -0.151. The van der Waals surface area contributed by atoms with E-state index in [1.807, 2.05) is 30.3 Å². The number of ether oxygens (including phenoxy) is 3. The van der Waals surface area contributed by atoms with Gasteiger partial charge in [-0.05, 0) is 30.2 Å². The summed E-state index contributed by atoms with van der Waals surface area (Å²) in [5, 5.41) is 2.76. The smallest absolute Gasteiger partial charge is 0.408 e. The lowest BCUT2D eigenvalue weighted by Gasteiger charge is -2.31. The summed E-state index contributed by atoms with van der Waals surface area (Å²) in [5.41, 5.74) is -1.03. The predicted octanol–water partition coefficient (Wildman–Crippen LogP) is 1.65. The fraction of sp³-hybridized carbons (Fsp3) is 0.526. The Morgan fingerprint density at radius 1 is 1.12 bits per heavy atom. The molecular weight excluding hydrogens is 338 g/mol. The highest BCUT2D eigenvalue weighted by atomic mass is 16.6. The number of hydrogen-bond acceptors (Lipinski definition) is 6. The van der Waals surface area contributed by atoms with Crippen molar-refractivity contribution < 1.29 is 28.6 Å². The van der Waals surface area contributed by atoms with E-state index in [1.54, 1.807) is 0 Å². The summed E-state index contributed by atoms with van der Waals surface area (Å²) >= 11 is 0. The van der Waals surface area contributed by atoms with E-state index in [1.165, 1.54) is 14.2 Å². The van der Waals surface area contributed by atoms with E-state index in [-0.39, 0.29) is 30.3 Å². The zero-order chi connectivity index (χ0) is 18.5. The van der Waals surface area contributed by atoms with Crippen LogP contribution in [0.15, 0.2) is 30.3 Å². The largest absolute Gasteiger partial charge is 0.469 e. The Kier molecular flexibility index (Phi) is 3.71. The highest BCUT2D eigenvalue weighted by molar-refractivity contribution is 5.94. The van der Waals surface area contributed by atoms with E-state index in [9.17, 15) is 14.4 Å². The third kappa shape index (κ3) is 2.03. The summed E-state index contributed by atoms with van der Waals surface area (Å²) < 4.78 is 15.2. The molecule has 1 aromatic carbocycles. The molecule has 0 heterocycles. The maximum absolute atomic E-state index is 12.6. The van der Waals surface area contributed by atoms with Crippen LogP contribution in [0.3, 0.4) is 0 Å². The standard InChI is InChI=1S/C19H21NO6/c1-24-15(21)18-9-12-8-13(18)14(18)19(12,16(22)25-2)20-17(23)26-10-11-6-4-3-5-7-11/h3-7,12-14H,8-10H2,1-2H3,(H,20,23)/t12-,13-,14+,18+,19-/m0/s1. The first-order chi connectivity index (χ1) is 12.5. The number of hydrogen-bond donors (Lipinski definition) is 1. The molecule has 0 aliphatic heterocycles. The molecule has 0 spiro atoms. The highest BCUT2D eigenvalue weighted by Gasteiger charge is 2.90. The second-order valence-electron chi connectivity index (χ2n) is 7.30. The molecule has 1 aromatic rings. The number of methoxy groups -OCH3 is 2. The van der Waals surface area contributed by atoms with Gasteiger partial charge >= 0.3 is 18.0 Å². The summed E-state index contributed by atoms with van der Waals surface area (Å²) in [6, 6.07) is 9.28. The third-order valence-electron chi connectivity index (χ3n) is 6.38. The van der Waals surface area contributed by atoms with Crippen LogP contribution in [0.1, 0.15) is 18.4 Å². The van der Waals surface area contributed by atoms with Gasteiger partial charge in [0.15, 0.2) is 0 Å². The minimum atomic E-state index is -1.21. The first-order valence-corrected chi connectivity index (χ1v) is 8.66. The highest BCUT2D eigenvalue weighted by Crippen LogP contribution is 2.82. The van der Waals surface area contributed by atoms with Crippen LogP contribution in [0.5, 0.6) is 0 Å². The molecule has 138 valence electrons. The van der Waals surface area contributed by atoms with E-state index < -0.39 is 23.0 Å². The molecule has 7 nitrogen and oxygen atoms in total. The van der Waals surface area contributed by atoms with Gasteiger partial charge in [0.2, 0.25) is 0 Å². The van der Waals surface area contributed by atoms with Crippen LogP contribution in [-0.4, -0.2) is 37.8 Å². The molecule has 7 heteroatoms. The van der Waals surface area contributed by atoms with Crippen LogP contribution < -0.4 is 5.32 Å². The van der Waals surface area contributed by atoms with Crippen LogP contribution >= 0.6 is 0 Å².